The number of likely N-dealkylation sites (tertiary alicyclic amines) is 2. The highest BCUT2D eigenvalue weighted by Gasteiger charge is 2.48. The molecule has 1 N–H and O–H groups in total. The van der Waals surface area contributed by atoms with E-state index in [1.807, 2.05) is 12.1 Å². The Kier molecular flexibility index (Phi) is 7.83. The molecule has 3 fully saturated rings. The van der Waals surface area contributed by atoms with E-state index in [1.54, 1.807) is 4.90 Å². The number of carbonyl (C=O) groups excluding carboxylic acids is 4. The molecule has 3 saturated heterocycles. The van der Waals surface area contributed by atoms with Gasteiger partial charge in [0, 0.05) is 47.6 Å². The van der Waals surface area contributed by atoms with E-state index in [0.29, 0.717) is 13.1 Å². The Balaban J connectivity index is 0.976. The van der Waals surface area contributed by atoms with Crippen molar-refractivity contribution in [1.82, 2.24) is 20.0 Å². The molecular weight excluding hydrogens is 607 g/mol. The number of piperidine rings is 2. The molecule has 4 amide bonds. The summed E-state index contributed by atoms with van der Waals surface area (Å²) in [6.45, 7) is 8.69. The Bertz CT molecular complexity index is 1650. The molecule has 1 aliphatic carbocycles. The van der Waals surface area contributed by atoms with Crippen LogP contribution in [0.5, 0.6) is 0 Å². The molecule has 7 rings (SSSR count). The van der Waals surface area contributed by atoms with E-state index < -0.39 is 23.7 Å². The van der Waals surface area contributed by atoms with E-state index in [4.69, 9.17) is 11.6 Å². The Hall–Kier alpha value is -3.56. The number of hydrogen-bond acceptors (Lipinski definition) is 5. The molecular formula is C36H40ClFN4O4. The number of amides is 4. The summed E-state index contributed by atoms with van der Waals surface area (Å²) < 4.78 is 15.7. The maximum absolute atomic E-state index is 15.7. The van der Waals surface area contributed by atoms with Gasteiger partial charge in [-0.2, -0.15) is 0 Å². The molecule has 2 aromatic rings. The van der Waals surface area contributed by atoms with Gasteiger partial charge in [-0.1, -0.05) is 43.2 Å². The SMILES string of the molecule is CC1(C)CCC(CN2CCC3(CC2)CN(C(=O)c2ccc4c(c2F)CN(C2CCC(=O)NC2=O)C4=O)C3)=C(c2ccc(Cl)cc2)C1. The molecule has 10 heteroatoms. The minimum Gasteiger partial charge on any atom is -0.337 e. The highest BCUT2D eigenvalue weighted by molar-refractivity contribution is 6.30. The third kappa shape index (κ3) is 5.66. The summed E-state index contributed by atoms with van der Waals surface area (Å²) in [7, 11) is 0. The van der Waals surface area contributed by atoms with E-state index >= 15 is 4.39 Å². The van der Waals surface area contributed by atoms with Gasteiger partial charge in [-0.15, -0.1) is 0 Å². The smallest absolute Gasteiger partial charge is 0.256 e. The molecule has 242 valence electrons. The molecule has 4 heterocycles. The second-order valence-electron chi connectivity index (χ2n) is 14.7. The zero-order chi connectivity index (χ0) is 32.4. The number of fused-ring (bicyclic) bond motifs is 1. The van der Waals surface area contributed by atoms with Crippen molar-refractivity contribution in [2.75, 3.05) is 32.7 Å². The van der Waals surface area contributed by atoms with Crippen molar-refractivity contribution < 1.29 is 23.6 Å². The molecule has 0 bridgehead atoms. The lowest BCUT2D eigenvalue weighted by molar-refractivity contribution is -0.136. The Morgan fingerprint density at radius 3 is 2.41 bits per heavy atom. The van der Waals surface area contributed by atoms with E-state index in [-0.39, 0.29) is 58.7 Å². The average molecular weight is 647 g/mol. The van der Waals surface area contributed by atoms with Crippen molar-refractivity contribution in [2.24, 2.45) is 10.8 Å². The zero-order valence-corrected chi connectivity index (χ0v) is 27.2. The van der Waals surface area contributed by atoms with E-state index in [2.05, 4.69) is 36.2 Å². The summed E-state index contributed by atoms with van der Waals surface area (Å²) >= 11 is 6.18. The van der Waals surface area contributed by atoms with Crippen molar-refractivity contribution in [2.45, 2.75) is 71.4 Å². The third-order valence-corrected chi connectivity index (χ3v) is 11.2. The molecule has 4 aliphatic heterocycles. The first kappa shape index (κ1) is 31.1. The van der Waals surface area contributed by atoms with Crippen LogP contribution in [0.25, 0.3) is 5.57 Å². The number of carbonyl (C=O) groups is 4. The molecule has 0 radical (unpaired) electrons. The molecule has 1 atom stereocenters. The van der Waals surface area contributed by atoms with Crippen molar-refractivity contribution >= 4 is 40.8 Å². The van der Waals surface area contributed by atoms with Gasteiger partial charge in [-0.05, 0) is 92.4 Å². The highest BCUT2D eigenvalue weighted by Crippen LogP contribution is 2.45. The van der Waals surface area contributed by atoms with Crippen LogP contribution in [-0.2, 0) is 16.1 Å². The van der Waals surface area contributed by atoms with Gasteiger partial charge >= 0.3 is 0 Å². The van der Waals surface area contributed by atoms with Crippen LogP contribution in [0.15, 0.2) is 42.0 Å². The Morgan fingerprint density at radius 2 is 1.72 bits per heavy atom. The number of allylic oxidation sites excluding steroid dienone is 1. The second-order valence-corrected chi connectivity index (χ2v) is 15.2. The van der Waals surface area contributed by atoms with Gasteiger partial charge in [0.1, 0.15) is 11.9 Å². The largest absolute Gasteiger partial charge is 0.337 e. The predicted octanol–water partition coefficient (Wildman–Crippen LogP) is 5.44. The number of rotatable bonds is 5. The van der Waals surface area contributed by atoms with Gasteiger partial charge in [-0.25, -0.2) is 4.39 Å². The number of imide groups is 1. The zero-order valence-electron chi connectivity index (χ0n) is 26.5. The van der Waals surface area contributed by atoms with Gasteiger partial charge < -0.3 is 9.80 Å². The monoisotopic (exact) mass is 646 g/mol. The summed E-state index contributed by atoms with van der Waals surface area (Å²) in [6.07, 6.45) is 5.64. The first-order chi connectivity index (χ1) is 21.9. The van der Waals surface area contributed by atoms with Crippen molar-refractivity contribution in [3.05, 3.63) is 75.1 Å². The average Bonchev–Trinajstić information content (AvgIpc) is 3.34. The predicted molar refractivity (Wildman–Crippen MR) is 172 cm³/mol. The van der Waals surface area contributed by atoms with Crippen LogP contribution in [-0.4, -0.2) is 77.1 Å². The van der Waals surface area contributed by atoms with Crippen LogP contribution in [0.4, 0.5) is 4.39 Å². The Morgan fingerprint density at radius 1 is 1.00 bits per heavy atom. The highest BCUT2D eigenvalue weighted by atomic mass is 35.5. The number of halogens is 2. The van der Waals surface area contributed by atoms with Crippen LogP contribution in [0.2, 0.25) is 5.02 Å². The van der Waals surface area contributed by atoms with Crippen LogP contribution in [0.3, 0.4) is 0 Å². The summed E-state index contributed by atoms with van der Waals surface area (Å²) in [4.78, 5) is 56.0. The number of hydrogen-bond donors (Lipinski definition) is 1. The lowest BCUT2D eigenvalue weighted by Crippen LogP contribution is -2.62. The maximum Gasteiger partial charge on any atom is 0.256 e. The van der Waals surface area contributed by atoms with E-state index in [9.17, 15) is 19.2 Å². The standard InChI is InChI=1S/C36H40ClFN4O4/c1-35(2)12-11-23(27(17-35)22-3-5-24(37)6-4-22)18-40-15-13-36(14-16-40)20-41(21-36)33(45)26-8-7-25-28(31(26)38)19-42(34(25)46)29-9-10-30(43)39-32(29)44/h3-8,29H,9-21H2,1-2H3,(H,39,43,44). The normalized spacial score (nSPS) is 24.3. The Labute approximate surface area is 273 Å². The summed E-state index contributed by atoms with van der Waals surface area (Å²) in [5.41, 5.74) is 4.83. The van der Waals surface area contributed by atoms with Gasteiger partial charge in [0.15, 0.2) is 0 Å². The van der Waals surface area contributed by atoms with Gasteiger partial charge in [0.25, 0.3) is 11.8 Å². The molecule has 1 spiro atoms. The van der Waals surface area contributed by atoms with Gasteiger partial charge in [0.2, 0.25) is 11.8 Å². The fourth-order valence-corrected chi connectivity index (χ4v) is 8.21. The van der Waals surface area contributed by atoms with Gasteiger partial charge in [-0.3, -0.25) is 29.4 Å². The molecule has 0 aromatic heterocycles. The minimum absolute atomic E-state index is 0.0363. The van der Waals surface area contributed by atoms with Crippen LogP contribution >= 0.6 is 11.6 Å². The molecule has 8 nitrogen and oxygen atoms in total. The first-order valence-electron chi connectivity index (χ1n) is 16.4. The fourth-order valence-electron chi connectivity index (χ4n) is 8.08. The maximum atomic E-state index is 15.7. The topological polar surface area (TPSA) is 90.0 Å². The number of benzene rings is 2. The molecule has 46 heavy (non-hydrogen) atoms. The van der Waals surface area contributed by atoms with Crippen molar-refractivity contribution in [3.63, 3.8) is 0 Å². The van der Waals surface area contributed by atoms with Crippen LogP contribution < -0.4 is 5.32 Å². The van der Waals surface area contributed by atoms with Crippen molar-refractivity contribution in [1.29, 1.82) is 0 Å². The molecule has 1 unspecified atom stereocenters. The summed E-state index contributed by atoms with van der Waals surface area (Å²) in [5, 5.41) is 3.01. The summed E-state index contributed by atoms with van der Waals surface area (Å²) in [6, 6.07) is 10.3. The lowest BCUT2D eigenvalue weighted by Gasteiger charge is -2.54. The van der Waals surface area contributed by atoms with Gasteiger partial charge in [0.05, 0.1) is 12.1 Å². The van der Waals surface area contributed by atoms with Crippen molar-refractivity contribution in [3.8, 4) is 0 Å². The summed E-state index contributed by atoms with van der Waals surface area (Å²) in [5.74, 6) is -2.43. The first-order valence-corrected chi connectivity index (χ1v) is 16.7. The molecule has 2 aromatic carbocycles. The molecule has 0 saturated carbocycles. The van der Waals surface area contributed by atoms with E-state index in [1.165, 1.54) is 40.2 Å². The molecule has 5 aliphatic rings. The lowest BCUT2D eigenvalue weighted by atomic mass is 9.71. The van der Waals surface area contributed by atoms with Crippen LogP contribution in [0.1, 0.15) is 90.6 Å². The quantitative estimate of drug-likeness (QED) is 0.437. The number of nitrogens with zero attached hydrogens (tertiary/aromatic N) is 3. The second kappa shape index (κ2) is 11.6. The third-order valence-electron chi connectivity index (χ3n) is 10.9. The minimum atomic E-state index is -0.831. The van der Waals surface area contributed by atoms with E-state index in [0.717, 1.165) is 50.3 Å². The fraction of sp³-hybridized carbons (Fsp3) is 0.500. The van der Waals surface area contributed by atoms with Crippen LogP contribution in [0, 0.1) is 16.6 Å². The number of nitrogens with one attached hydrogen (secondary N) is 1.